The number of aromatic nitrogens is 1. The lowest BCUT2D eigenvalue weighted by Gasteiger charge is -2.26. The lowest BCUT2D eigenvalue weighted by Crippen LogP contribution is -2.39. The summed E-state index contributed by atoms with van der Waals surface area (Å²) in [6.45, 7) is 4.86. The third-order valence-corrected chi connectivity index (χ3v) is 3.26. The standard InChI is InChI=1S/C14H20N4O3/c19-14(13(17-20)12-4-1-2-5-15-12)16-6-3-7-18-8-10-21-11-9-18/h1-2,4-5,20H,3,6-11H2,(H,16,19). The smallest absolute Gasteiger partial charge is 0.275 e. The van der Waals surface area contributed by atoms with Gasteiger partial charge in [0.25, 0.3) is 5.91 Å². The Bertz CT molecular complexity index is 472. The molecule has 2 heterocycles. The first-order valence-corrected chi connectivity index (χ1v) is 7.03. The van der Waals surface area contributed by atoms with Crippen LogP contribution in [0.4, 0.5) is 0 Å². The summed E-state index contributed by atoms with van der Waals surface area (Å²) in [4.78, 5) is 18.3. The molecule has 1 fully saturated rings. The molecular weight excluding hydrogens is 272 g/mol. The van der Waals surface area contributed by atoms with Crippen molar-refractivity contribution < 1.29 is 14.7 Å². The molecule has 1 amide bonds. The first kappa shape index (κ1) is 15.4. The van der Waals surface area contributed by atoms with E-state index in [-0.39, 0.29) is 5.71 Å². The Morgan fingerprint density at radius 3 is 2.90 bits per heavy atom. The lowest BCUT2D eigenvalue weighted by molar-refractivity contribution is -0.114. The van der Waals surface area contributed by atoms with E-state index >= 15 is 0 Å². The molecule has 0 unspecified atom stereocenters. The van der Waals surface area contributed by atoms with Crippen molar-refractivity contribution >= 4 is 11.6 Å². The van der Waals surface area contributed by atoms with Crippen LogP contribution in [0.1, 0.15) is 12.1 Å². The average Bonchev–Trinajstić information content (AvgIpc) is 2.54. The van der Waals surface area contributed by atoms with Crippen molar-refractivity contribution in [1.29, 1.82) is 0 Å². The lowest BCUT2D eigenvalue weighted by atomic mass is 10.2. The van der Waals surface area contributed by atoms with Crippen molar-refractivity contribution in [3.05, 3.63) is 30.1 Å². The molecule has 21 heavy (non-hydrogen) atoms. The molecule has 0 radical (unpaired) electrons. The van der Waals surface area contributed by atoms with Gasteiger partial charge in [-0.2, -0.15) is 0 Å². The molecule has 1 aromatic heterocycles. The number of hydrogen-bond donors (Lipinski definition) is 2. The molecule has 2 rings (SSSR count). The summed E-state index contributed by atoms with van der Waals surface area (Å²) in [5.41, 5.74) is 0.285. The van der Waals surface area contributed by atoms with Gasteiger partial charge in [-0.25, -0.2) is 0 Å². The van der Waals surface area contributed by atoms with Crippen LogP contribution in [0.15, 0.2) is 29.6 Å². The number of nitrogens with one attached hydrogen (secondary N) is 1. The Labute approximate surface area is 123 Å². The zero-order chi connectivity index (χ0) is 14.9. The van der Waals surface area contributed by atoms with E-state index in [1.54, 1.807) is 24.4 Å². The zero-order valence-electron chi connectivity index (χ0n) is 11.9. The quantitative estimate of drug-likeness (QED) is 0.336. The average molecular weight is 292 g/mol. The third-order valence-electron chi connectivity index (χ3n) is 3.26. The number of carbonyl (C=O) groups is 1. The van der Waals surface area contributed by atoms with Gasteiger partial charge >= 0.3 is 0 Å². The highest BCUT2D eigenvalue weighted by atomic mass is 16.5. The van der Waals surface area contributed by atoms with Gasteiger partial charge in [0.15, 0.2) is 5.71 Å². The fraction of sp³-hybridized carbons (Fsp3) is 0.500. The second-order valence-corrected chi connectivity index (χ2v) is 4.73. The van der Waals surface area contributed by atoms with Crippen molar-refractivity contribution in [2.75, 3.05) is 39.4 Å². The summed E-state index contributed by atoms with van der Waals surface area (Å²) >= 11 is 0. The predicted octanol–water partition coefficient (Wildman–Crippen LogP) is 0.0984. The minimum absolute atomic E-state index is 0.0676. The predicted molar refractivity (Wildman–Crippen MR) is 77.4 cm³/mol. The summed E-state index contributed by atoms with van der Waals surface area (Å²) in [5.74, 6) is -0.418. The molecule has 1 aliphatic heterocycles. The van der Waals surface area contributed by atoms with Gasteiger partial charge < -0.3 is 15.3 Å². The molecule has 0 atom stereocenters. The highest BCUT2D eigenvalue weighted by molar-refractivity contribution is 6.44. The Kier molecular flexibility index (Phi) is 6.11. The van der Waals surface area contributed by atoms with E-state index in [2.05, 4.69) is 20.4 Å². The van der Waals surface area contributed by atoms with Crippen molar-refractivity contribution in [2.24, 2.45) is 5.16 Å². The molecule has 2 N–H and O–H groups in total. The van der Waals surface area contributed by atoms with Gasteiger partial charge in [-0.05, 0) is 25.1 Å². The van der Waals surface area contributed by atoms with Gasteiger partial charge in [0, 0.05) is 25.8 Å². The van der Waals surface area contributed by atoms with Crippen LogP contribution in [0.3, 0.4) is 0 Å². The van der Waals surface area contributed by atoms with Crippen LogP contribution in [-0.2, 0) is 9.53 Å². The molecule has 0 spiro atoms. The molecule has 1 aliphatic rings. The third kappa shape index (κ3) is 4.80. The van der Waals surface area contributed by atoms with E-state index in [1.165, 1.54) is 0 Å². The normalized spacial score (nSPS) is 16.7. The zero-order valence-corrected chi connectivity index (χ0v) is 11.9. The van der Waals surface area contributed by atoms with Crippen LogP contribution in [0, 0.1) is 0 Å². The minimum Gasteiger partial charge on any atom is -0.410 e. The van der Waals surface area contributed by atoms with Gasteiger partial charge in [0.05, 0.1) is 18.9 Å². The second kappa shape index (κ2) is 8.33. The van der Waals surface area contributed by atoms with Crippen LogP contribution in [0.25, 0.3) is 0 Å². The van der Waals surface area contributed by atoms with Crippen molar-refractivity contribution in [3.63, 3.8) is 0 Å². The highest BCUT2D eigenvalue weighted by Gasteiger charge is 2.15. The number of nitrogens with zero attached hydrogens (tertiary/aromatic N) is 3. The van der Waals surface area contributed by atoms with E-state index in [4.69, 9.17) is 9.94 Å². The van der Waals surface area contributed by atoms with Gasteiger partial charge in [-0.15, -0.1) is 0 Å². The van der Waals surface area contributed by atoms with Gasteiger partial charge in [-0.1, -0.05) is 11.2 Å². The first-order chi connectivity index (χ1) is 10.3. The SMILES string of the molecule is O=C(NCCCN1CCOCC1)C(=NO)c1ccccn1. The fourth-order valence-corrected chi connectivity index (χ4v) is 2.13. The van der Waals surface area contributed by atoms with Crippen LogP contribution >= 0.6 is 0 Å². The van der Waals surface area contributed by atoms with Gasteiger partial charge in [-0.3, -0.25) is 14.7 Å². The Morgan fingerprint density at radius 2 is 2.24 bits per heavy atom. The number of hydrogen-bond acceptors (Lipinski definition) is 6. The summed E-state index contributed by atoms with van der Waals surface area (Å²) in [5, 5.41) is 14.8. The fourth-order valence-electron chi connectivity index (χ4n) is 2.13. The first-order valence-electron chi connectivity index (χ1n) is 7.03. The van der Waals surface area contributed by atoms with Crippen LogP contribution < -0.4 is 5.32 Å². The Balaban J connectivity index is 1.73. The topological polar surface area (TPSA) is 87.1 Å². The number of oxime groups is 1. The molecule has 1 saturated heterocycles. The molecule has 0 aliphatic carbocycles. The van der Waals surface area contributed by atoms with Crippen molar-refractivity contribution in [1.82, 2.24) is 15.2 Å². The van der Waals surface area contributed by atoms with Gasteiger partial charge in [0.1, 0.15) is 0 Å². The van der Waals surface area contributed by atoms with Crippen LogP contribution in [-0.4, -0.2) is 66.1 Å². The number of carbonyl (C=O) groups excluding carboxylic acids is 1. The van der Waals surface area contributed by atoms with E-state index in [0.717, 1.165) is 39.3 Å². The van der Waals surface area contributed by atoms with Crippen LogP contribution in [0.5, 0.6) is 0 Å². The summed E-state index contributed by atoms with van der Waals surface area (Å²) < 4.78 is 5.28. The maximum atomic E-state index is 12.0. The molecule has 7 heteroatoms. The molecule has 0 saturated carbocycles. The molecule has 0 aromatic carbocycles. The number of rotatable bonds is 6. The largest absolute Gasteiger partial charge is 0.410 e. The van der Waals surface area contributed by atoms with E-state index < -0.39 is 5.91 Å². The van der Waals surface area contributed by atoms with E-state index in [0.29, 0.717) is 12.2 Å². The second-order valence-electron chi connectivity index (χ2n) is 4.73. The van der Waals surface area contributed by atoms with E-state index in [9.17, 15) is 4.79 Å². The number of ether oxygens (including phenoxy) is 1. The molecular formula is C14H20N4O3. The number of pyridine rings is 1. The van der Waals surface area contributed by atoms with E-state index in [1.807, 2.05) is 0 Å². The van der Waals surface area contributed by atoms with Crippen LogP contribution in [0.2, 0.25) is 0 Å². The molecule has 1 aromatic rings. The maximum absolute atomic E-state index is 12.0. The van der Waals surface area contributed by atoms with Crippen molar-refractivity contribution in [3.8, 4) is 0 Å². The van der Waals surface area contributed by atoms with Gasteiger partial charge in [0.2, 0.25) is 0 Å². The summed E-state index contributed by atoms with van der Waals surface area (Å²) in [6.07, 6.45) is 2.39. The molecule has 0 bridgehead atoms. The molecule has 7 nitrogen and oxygen atoms in total. The Hall–Kier alpha value is -1.99. The number of amides is 1. The molecule has 114 valence electrons. The minimum atomic E-state index is -0.418. The summed E-state index contributed by atoms with van der Waals surface area (Å²) in [6, 6.07) is 5.10. The van der Waals surface area contributed by atoms with Crippen molar-refractivity contribution in [2.45, 2.75) is 6.42 Å². The highest BCUT2D eigenvalue weighted by Crippen LogP contribution is 1.99. The number of morpholine rings is 1. The Morgan fingerprint density at radius 1 is 1.43 bits per heavy atom. The monoisotopic (exact) mass is 292 g/mol. The summed E-state index contributed by atoms with van der Waals surface area (Å²) in [7, 11) is 0. The maximum Gasteiger partial charge on any atom is 0.275 e.